The van der Waals surface area contributed by atoms with E-state index in [1.54, 1.807) is 4.90 Å². The molecule has 0 amide bonds. The second-order valence-electron chi connectivity index (χ2n) is 13.2. The number of para-hydroxylation sites is 2. The van der Waals surface area contributed by atoms with Gasteiger partial charge in [-0.15, -0.1) is 0 Å². The van der Waals surface area contributed by atoms with Crippen LogP contribution in [0.3, 0.4) is 0 Å². The molecule has 4 aromatic rings. The Balaban J connectivity index is 1.54. The van der Waals surface area contributed by atoms with Crippen LogP contribution < -0.4 is 26.2 Å². The fourth-order valence-corrected chi connectivity index (χ4v) is 7.94. The van der Waals surface area contributed by atoms with Gasteiger partial charge in [0.2, 0.25) is 5.79 Å². The first kappa shape index (κ1) is 24.2. The fraction of sp³-hybridized carbons (Fsp3) is 0.314. The summed E-state index contributed by atoms with van der Waals surface area (Å²) in [5.74, 6) is -2.11. The molecule has 40 heavy (non-hydrogen) atoms. The third kappa shape index (κ3) is 2.88. The molecule has 1 aliphatic carbocycles. The van der Waals surface area contributed by atoms with Crippen LogP contribution in [0.4, 0.5) is 37.2 Å². The van der Waals surface area contributed by atoms with Gasteiger partial charge in [-0.05, 0) is 83.9 Å². The van der Waals surface area contributed by atoms with Gasteiger partial charge < -0.3 is 9.80 Å². The van der Waals surface area contributed by atoms with Crippen LogP contribution in [-0.2, 0) is 11.1 Å². The lowest BCUT2D eigenvalue weighted by atomic mass is 9.33. The minimum Gasteiger partial charge on any atom is -0.311 e. The van der Waals surface area contributed by atoms with Crippen LogP contribution in [-0.4, -0.2) is 12.5 Å². The van der Waals surface area contributed by atoms with Crippen molar-refractivity contribution in [2.75, 3.05) is 9.80 Å². The van der Waals surface area contributed by atoms with Crippen molar-refractivity contribution in [1.29, 1.82) is 0 Å². The molecule has 4 aromatic carbocycles. The Morgan fingerprint density at radius 2 is 1.48 bits per heavy atom. The lowest BCUT2D eigenvalue weighted by molar-refractivity contribution is -0.0615. The number of hydrogen-bond acceptors (Lipinski definition) is 2. The van der Waals surface area contributed by atoms with Crippen LogP contribution in [0, 0.1) is 6.92 Å². The molecule has 0 aromatic heterocycles. The number of hydrogen-bond donors (Lipinski definition) is 0. The van der Waals surface area contributed by atoms with E-state index in [1.807, 2.05) is 19.1 Å². The highest BCUT2D eigenvalue weighted by molar-refractivity contribution is 7.00. The second-order valence-corrected chi connectivity index (χ2v) is 13.2. The zero-order valence-corrected chi connectivity index (χ0v) is 23.6. The molecular formula is C35H33BF2N2. The van der Waals surface area contributed by atoms with E-state index in [2.05, 4.69) is 92.4 Å². The van der Waals surface area contributed by atoms with E-state index in [9.17, 15) is 0 Å². The molecule has 0 radical (unpaired) electrons. The second kappa shape index (κ2) is 7.78. The van der Waals surface area contributed by atoms with Crippen molar-refractivity contribution in [2.45, 2.75) is 70.3 Å². The van der Waals surface area contributed by atoms with Crippen LogP contribution in [0.25, 0.3) is 0 Å². The Morgan fingerprint density at radius 1 is 0.775 bits per heavy atom. The van der Waals surface area contributed by atoms with Crippen LogP contribution >= 0.6 is 0 Å². The van der Waals surface area contributed by atoms with Gasteiger partial charge in [0.05, 0.1) is 0 Å². The highest BCUT2D eigenvalue weighted by Gasteiger charge is 2.68. The molecule has 1 fully saturated rings. The lowest BCUT2D eigenvalue weighted by Crippen LogP contribution is -2.64. The molecular weight excluding hydrogens is 497 g/mol. The Hall–Kier alpha value is -3.60. The van der Waals surface area contributed by atoms with Gasteiger partial charge in [-0.1, -0.05) is 74.9 Å². The molecule has 2 nitrogen and oxygen atoms in total. The maximum Gasteiger partial charge on any atom is 0.252 e. The van der Waals surface area contributed by atoms with E-state index >= 15 is 8.78 Å². The molecule has 5 heteroatoms. The maximum atomic E-state index is 17.7. The fourth-order valence-electron chi connectivity index (χ4n) is 7.94. The van der Waals surface area contributed by atoms with E-state index in [4.69, 9.17) is 0 Å². The Kier molecular flexibility index (Phi) is 4.71. The van der Waals surface area contributed by atoms with Crippen LogP contribution in [0.2, 0.25) is 0 Å². The summed E-state index contributed by atoms with van der Waals surface area (Å²) in [7, 11) is 0. The number of alkyl halides is 2. The topological polar surface area (TPSA) is 6.48 Å². The number of benzene rings is 4. The molecule has 8 rings (SSSR count). The van der Waals surface area contributed by atoms with Crippen molar-refractivity contribution in [3.63, 3.8) is 0 Å². The number of rotatable bonds is 1. The number of anilines is 5. The van der Waals surface area contributed by atoms with Gasteiger partial charge in [-0.25, -0.2) is 8.78 Å². The van der Waals surface area contributed by atoms with Crippen LogP contribution in [0.1, 0.15) is 63.1 Å². The molecule has 3 heterocycles. The summed E-state index contributed by atoms with van der Waals surface area (Å²) in [6.07, 6.45) is 1.79. The van der Waals surface area contributed by atoms with Crippen molar-refractivity contribution in [3.8, 4) is 0 Å². The molecule has 2 atom stereocenters. The average Bonchev–Trinajstić information content (AvgIpc) is 3.14. The quantitative estimate of drug-likeness (QED) is 0.164. The number of aryl methyl sites for hydroxylation is 1. The van der Waals surface area contributed by atoms with Gasteiger partial charge >= 0.3 is 0 Å². The standard InChI is InChI=1S/C35H33BF2N2/c1-22-18-25-32-27(19-22)36-26-14-8-9-15-28(26)39(24-12-6-5-7-13-24)29-20-23(33(2,3)4)21-30(31(29)36)40(32)35(38)17-11-10-16-34(25,35)37/h5-9,12-15,18-21H,10-11,16-17H2,1-4H3. The predicted molar refractivity (Wildman–Crippen MR) is 163 cm³/mol. The van der Waals surface area contributed by atoms with E-state index in [0.29, 0.717) is 18.4 Å². The molecule has 0 spiro atoms. The largest absolute Gasteiger partial charge is 0.311 e. The normalized spacial score (nSPS) is 23.9. The first-order chi connectivity index (χ1) is 19.1. The number of halogens is 2. The van der Waals surface area contributed by atoms with E-state index < -0.39 is 11.5 Å². The molecule has 2 unspecified atom stereocenters. The molecule has 0 saturated heterocycles. The van der Waals surface area contributed by atoms with E-state index in [1.165, 1.54) is 5.46 Å². The highest BCUT2D eigenvalue weighted by Crippen LogP contribution is 2.63. The summed E-state index contributed by atoms with van der Waals surface area (Å²) in [6, 6.07) is 27.5. The first-order valence-corrected chi connectivity index (χ1v) is 14.6. The van der Waals surface area contributed by atoms with Crippen molar-refractivity contribution in [3.05, 3.63) is 95.6 Å². The summed E-state index contributed by atoms with van der Waals surface area (Å²) < 4.78 is 35.0. The van der Waals surface area contributed by atoms with Crippen molar-refractivity contribution >= 4 is 51.5 Å². The molecule has 0 bridgehead atoms. The number of nitrogens with zero attached hydrogens (tertiary/aromatic N) is 2. The summed E-state index contributed by atoms with van der Waals surface area (Å²) >= 11 is 0. The van der Waals surface area contributed by atoms with Gasteiger partial charge in [0.25, 0.3) is 6.71 Å². The zero-order chi connectivity index (χ0) is 27.6. The third-order valence-electron chi connectivity index (χ3n) is 9.76. The van der Waals surface area contributed by atoms with E-state index in [0.717, 1.165) is 50.5 Å². The Bertz CT molecular complexity index is 1710. The SMILES string of the molecule is Cc1cc2c3c(c1)C1(F)CCCCC1(F)N3c1cc(C(C)(C)C)cc3c1B2c1ccccc1N3c1ccccc1. The zero-order valence-electron chi connectivity index (χ0n) is 23.6. The van der Waals surface area contributed by atoms with Crippen molar-refractivity contribution in [1.82, 2.24) is 0 Å². The summed E-state index contributed by atoms with van der Waals surface area (Å²) in [6.45, 7) is 8.51. The minimum absolute atomic E-state index is 0.104. The molecule has 1 saturated carbocycles. The third-order valence-corrected chi connectivity index (χ3v) is 9.76. The van der Waals surface area contributed by atoms with Crippen molar-refractivity contribution in [2.24, 2.45) is 0 Å². The lowest BCUT2D eigenvalue weighted by Gasteiger charge is -2.48. The molecule has 3 aliphatic heterocycles. The first-order valence-electron chi connectivity index (χ1n) is 14.6. The van der Waals surface area contributed by atoms with Gasteiger partial charge in [-0.3, -0.25) is 0 Å². The summed E-state index contributed by atoms with van der Waals surface area (Å²) in [5.41, 5.74) is 8.53. The maximum absolute atomic E-state index is 17.7. The average molecular weight is 530 g/mol. The number of fused-ring (bicyclic) bond motifs is 7. The van der Waals surface area contributed by atoms with Gasteiger partial charge in [0.1, 0.15) is 0 Å². The van der Waals surface area contributed by atoms with Crippen LogP contribution in [0.5, 0.6) is 0 Å². The van der Waals surface area contributed by atoms with E-state index in [-0.39, 0.29) is 25.0 Å². The highest BCUT2D eigenvalue weighted by atomic mass is 19.2. The smallest absolute Gasteiger partial charge is 0.252 e. The van der Waals surface area contributed by atoms with Gasteiger partial charge in [0, 0.05) is 40.4 Å². The van der Waals surface area contributed by atoms with Crippen molar-refractivity contribution < 1.29 is 8.78 Å². The summed E-state index contributed by atoms with van der Waals surface area (Å²) in [5, 5.41) is 0. The van der Waals surface area contributed by atoms with Gasteiger partial charge in [-0.2, -0.15) is 0 Å². The Labute approximate surface area is 235 Å². The Morgan fingerprint density at radius 3 is 2.25 bits per heavy atom. The molecule has 0 N–H and O–H groups in total. The minimum atomic E-state index is -2.11. The van der Waals surface area contributed by atoms with Gasteiger partial charge in [0.15, 0.2) is 5.67 Å². The summed E-state index contributed by atoms with van der Waals surface area (Å²) in [4.78, 5) is 4.13. The monoisotopic (exact) mass is 530 g/mol. The predicted octanol–water partition coefficient (Wildman–Crippen LogP) is 7.46. The molecule has 200 valence electrons. The molecule has 4 aliphatic rings. The van der Waals surface area contributed by atoms with Crippen LogP contribution in [0.15, 0.2) is 78.9 Å².